The van der Waals surface area contributed by atoms with Crippen molar-refractivity contribution in [2.75, 3.05) is 0 Å². The smallest absolute Gasteiger partial charge is 0.224 e. The van der Waals surface area contributed by atoms with E-state index in [0.29, 0.717) is 6.42 Å². The highest BCUT2D eigenvalue weighted by molar-refractivity contribution is 5.79. The molecule has 1 heterocycles. The number of allylic oxidation sites excluding steroid dienone is 2. The number of hydrogen-bond donors (Lipinski definition) is 1. The molecule has 0 atom stereocenters. The van der Waals surface area contributed by atoms with Crippen molar-refractivity contribution in [2.24, 2.45) is 0 Å². The van der Waals surface area contributed by atoms with Gasteiger partial charge >= 0.3 is 0 Å². The summed E-state index contributed by atoms with van der Waals surface area (Å²) in [6.45, 7) is 4.23. The van der Waals surface area contributed by atoms with Crippen LogP contribution < -0.4 is 5.32 Å². The zero-order valence-electron chi connectivity index (χ0n) is 7.24. The number of carbonyl (C=O) groups excluding carboxylic acids is 1. The summed E-state index contributed by atoms with van der Waals surface area (Å²) in [6.07, 6.45) is 3.73. The van der Waals surface area contributed by atoms with Gasteiger partial charge in [-0.2, -0.15) is 0 Å². The van der Waals surface area contributed by atoms with E-state index < -0.39 is 0 Å². The second-order valence-corrected chi connectivity index (χ2v) is 3.06. The molecule has 11 heavy (non-hydrogen) atoms. The van der Waals surface area contributed by atoms with Gasteiger partial charge in [0, 0.05) is 12.1 Å². The fourth-order valence-corrected chi connectivity index (χ4v) is 1.32. The molecule has 2 nitrogen and oxygen atoms in total. The summed E-state index contributed by atoms with van der Waals surface area (Å²) in [7, 11) is 0. The first kappa shape index (κ1) is 8.31. The van der Waals surface area contributed by atoms with Gasteiger partial charge in [0.2, 0.25) is 5.91 Å². The first-order valence-electron chi connectivity index (χ1n) is 4.22. The van der Waals surface area contributed by atoms with Crippen LogP contribution in [0.25, 0.3) is 0 Å². The molecule has 0 spiro atoms. The zero-order valence-corrected chi connectivity index (χ0v) is 7.24. The molecule has 1 amide bonds. The van der Waals surface area contributed by atoms with E-state index in [-0.39, 0.29) is 5.91 Å². The van der Waals surface area contributed by atoms with E-state index in [1.165, 1.54) is 5.57 Å². The second-order valence-electron chi connectivity index (χ2n) is 3.06. The average molecular weight is 153 g/mol. The predicted octanol–water partition coefficient (Wildman–Crippen LogP) is 1.97. The molecule has 0 bridgehead atoms. The van der Waals surface area contributed by atoms with Crippen molar-refractivity contribution >= 4 is 5.91 Å². The Labute approximate surface area is 67.7 Å². The fraction of sp³-hybridized carbons (Fsp3) is 0.667. The van der Waals surface area contributed by atoms with E-state index in [0.717, 1.165) is 25.0 Å². The number of nitrogens with one attached hydrogen (secondary N) is 1. The van der Waals surface area contributed by atoms with E-state index in [4.69, 9.17) is 0 Å². The van der Waals surface area contributed by atoms with Crippen LogP contribution in [-0.2, 0) is 4.79 Å². The summed E-state index contributed by atoms with van der Waals surface area (Å²) in [6, 6.07) is 0. The topological polar surface area (TPSA) is 29.1 Å². The molecule has 0 fully saturated rings. The lowest BCUT2D eigenvalue weighted by atomic mass is 10.0. The summed E-state index contributed by atoms with van der Waals surface area (Å²) < 4.78 is 0. The average Bonchev–Trinajstić information content (AvgIpc) is 1.98. The van der Waals surface area contributed by atoms with Crippen LogP contribution in [0.15, 0.2) is 11.3 Å². The van der Waals surface area contributed by atoms with E-state index in [9.17, 15) is 4.79 Å². The number of carbonyl (C=O) groups is 1. The Balaban J connectivity index is 2.63. The third-order valence-electron chi connectivity index (χ3n) is 2.03. The quantitative estimate of drug-likeness (QED) is 0.645. The maximum absolute atomic E-state index is 10.9. The molecule has 0 aromatic rings. The predicted molar refractivity (Wildman–Crippen MR) is 45.0 cm³/mol. The molecule has 0 unspecified atom stereocenters. The largest absolute Gasteiger partial charge is 0.330 e. The van der Waals surface area contributed by atoms with Gasteiger partial charge in [0.05, 0.1) is 0 Å². The van der Waals surface area contributed by atoms with Crippen LogP contribution in [0.4, 0.5) is 0 Å². The highest BCUT2D eigenvalue weighted by atomic mass is 16.1. The second kappa shape index (κ2) is 3.56. The van der Waals surface area contributed by atoms with E-state index >= 15 is 0 Å². The molecule has 1 rings (SSSR count). The molecule has 1 N–H and O–H groups in total. The van der Waals surface area contributed by atoms with Gasteiger partial charge in [0.1, 0.15) is 0 Å². The molecule has 1 aliphatic rings. The number of amides is 1. The fourth-order valence-electron chi connectivity index (χ4n) is 1.32. The highest BCUT2D eigenvalue weighted by Crippen LogP contribution is 2.17. The minimum absolute atomic E-state index is 0.180. The van der Waals surface area contributed by atoms with Crippen LogP contribution in [0.2, 0.25) is 0 Å². The van der Waals surface area contributed by atoms with Crippen molar-refractivity contribution in [3.05, 3.63) is 11.3 Å². The SMILES string of the molecule is CCCC1=C(C)CCC(=O)N1. The van der Waals surface area contributed by atoms with Gasteiger partial charge in [-0.15, -0.1) is 0 Å². The summed E-state index contributed by atoms with van der Waals surface area (Å²) in [4.78, 5) is 10.9. The Bertz CT molecular complexity index is 194. The van der Waals surface area contributed by atoms with Crippen molar-refractivity contribution in [2.45, 2.75) is 39.5 Å². The lowest BCUT2D eigenvalue weighted by Gasteiger charge is -2.17. The lowest BCUT2D eigenvalue weighted by Crippen LogP contribution is -2.27. The van der Waals surface area contributed by atoms with Crippen molar-refractivity contribution < 1.29 is 4.79 Å². The van der Waals surface area contributed by atoms with Crippen LogP contribution >= 0.6 is 0 Å². The van der Waals surface area contributed by atoms with Gasteiger partial charge in [0.15, 0.2) is 0 Å². The molecule has 0 aromatic heterocycles. The monoisotopic (exact) mass is 153 g/mol. The first-order valence-corrected chi connectivity index (χ1v) is 4.22. The number of hydrogen-bond acceptors (Lipinski definition) is 1. The van der Waals surface area contributed by atoms with Crippen molar-refractivity contribution in [3.63, 3.8) is 0 Å². The summed E-state index contributed by atoms with van der Waals surface area (Å²) in [5, 5.41) is 2.91. The molecule has 0 saturated carbocycles. The molecule has 2 heteroatoms. The standard InChI is InChI=1S/C9H15NO/c1-3-4-8-7(2)5-6-9(11)10-8/h3-6H2,1-2H3,(H,10,11). The summed E-state index contributed by atoms with van der Waals surface area (Å²) in [5.41, 5.74) is 2.51. The maximum atomic E-state index is 10.9. The molecular formula is C9H15NO. The van der Waals surface area contributed by atoms with Crippen molar-refractivity contribution in [1.82, 2.24) is 5.32 Å². The van der Waals surface area contributed by atoms with Crippen molar-refractivity contribution in [3.8, 4) is 0 Å². The van der Waals surface area contributed by atoms with Crippen LogP contribution in [0.1, 0.15) is 39.5 Å². The zero-order chi connectivity index (χ0) is 8.27. The molecule has 0 radical (unpaired) electrons. The van der Waals surface area contributed by atoms with Gasteiger partial charge in [-0.25, -0.2) is 0 Å². The van der Waals surface area contributed by atoms with Gasteiger partial charge in [0.25, 0.3) is 0 Å². The Kier molecular flexibility index (Phi) is 2.69. The Morgan fingerprint density at radius 2 is 2.18 bits per heavy atom. The van der Waals surface area contributed by atoms with E-state index in [2.05, 4.69) is 19.2 Å². The molecule has 0 saturated heterocycles. The molecule has 62 valence electrons. The lowest BCUT2D eigenvalue weighted by molar-refractivity contribution is -0.120. The van der Waals surface area contributed by atoms with E-state index in [1.807, 2.05) is 0 Å². The van der Waals surface area contributed by atoms with Gasteiger partial charge in [-0.05, 0) is 19.8 Å². The molecule has 0 aromatic carbocycles. The minimum Gasteiger partial charge on any atom is -0.330 e. The number of rotatable bonds is 2. The van der Waals surface area contributed by atoms with Gasteiger partial charge < -0.3 is 5.32 Å². The molecule has 0 aliphatic carbocycles. The highest BCUT2D eigenvalue weighted by Gasteiger charge is 2.13. The Morgan fingerprint density at radius 3 is 2.82 bits per heavy atom. The van der Waals surface area contributed by atoms with Crippen LogP contribution in [-0.4, -0.2) is 5.91 Å². The minimum atomic E-state index is 0.180. The molecular weight excluding hydrogens is 138 g/mol. The van der Waals surface area contributed by atoms with Gasteiger partial charge in [-0.1, -0.05) is 18.9 Å². The third-order valence-corrected chi connectivity index (χ3v) is 2.03. The first-order chi connectivity index (χ1) is 5.24. The normalized spacial score (nSPS) is 18.5. The maximum Gasteiger partial charge on any atom is 0.224 e. The van der Waals surface area contributed by atoms with Crippen LogP contribution in [0.3, 0.4) is 0 Å². The van der Waals surface area contributed by atoms with Crippen molar-refractivity contribution in [1.29, 1.82) is 0 Å². The van der Waals surface area contributed by atoms with E-state index in [1.54, 1.807) is 0 Å². The molecule has 1 aliphatic heterocycles. The van der Waals surface area contributed by atoms with Crippen LogP contribution in [0, 0.1) is 0 Å². The summed E-state index contributed by atoms with van der Waals surface area (Å²) in [5.74, 6) is 0.180. The Hall–Kier alpha value is -0.790. The Morgan fingerprint density at radius 1 is 1.45 bits per heavy atom. The summed E-state index contributed by atoms with van der Waals surface area (Å²) >= 11 is 0. The van der Waals surface area contributed by atoms with Crippen LogP contribution in [0.5, 0.6) is 0 Å². The van der Waals surface area contributed by atoms with Gasteiger partial charge in [-0.3, -0.25) is 4.79 Å². The third kappa shape index (κ3) is 2.07.